The Hall–Kier alpha value is -1.30. The number of nitrogens with zero attached hydrogens (tertiary/aromatic N) is 2. The van der Waals surface area contributed by atoms with E-state index in [2.05, 4.69) is 20.9 Å². The Kier molecular flexibility index (Phi) is 2.52. The Labute approximate surface area is 91.5 Å². The lowest BCUT2D eigenvalue weighted by molar-refractivity contribution is 0.0658. The molecule has 15 heavy (non-hydrogen) atoms. The van der Waals surface area contributed by atoms with Crippen LogP contribution in [-0.2, 0) is 0 Å². The summed E-state index contributed by atoms with van der Waals surface area (Å²) in [5.74, 6) is 0. The fourth-order valence-electron chi connectivity index (χ4n) is 1.25. The first-order valence-corrected chi connectivity index (χ1v) is 4.83. The maximum absolute atomic E-state index is 12.3. The molecule has 1 aromatic heterocycles. The van der Waals surface area contributed by atoms with Gasteiger partial charge in [0.2, 0.25) is 0 Å². The van der Waals surface area contributed by atoms with Gasteiger partial charge in [-0.25, -0.2) is 9.55 Å². The molecule has 0 amide bonds. The van der Waals surface area contributed by atoms with E-state index in [9.17, 15) is 13.6 Å². The van der Waals surface area contributed by atoms with Gasteiger partial charge in [-0.2, -0.15) is 8.78 Å². The number of benzene rings is 1. The van der Waals surface area contributed by atoms with E-state index in [1.807, 2.05) is 0 Å². The van der Waals surface area contributed by atoms with Crippen LogP contribution in [0.3, 0.4) is 0 Å². The molecule has 0 radical (unpaired) electrons. The largest absolute Gasteiger partial charge is 0.322 e. The van der Waals surface area contributed by atoms with E-state index in [0.29, 0.717) is 10.1 Å². The summed E-state index contributed by atoms with van der Waals surface area (Å²) < 4.78 is 25.7. The van der Waals surface area contributed by atoms with Crippen molar-refractivity contribution in [3.05, 3.63) is 39.4 Å². The van der Waals surface area contributed by atoms with Crippen LogP contribution in [0.1, 0.15) is 6.55 Å². The van der Waals surface area contributed by atoms with E-state index in [1.54, 1.807) is 12.1 Å². The highest BCUT2D eigenvalue weighted by molar-refractivity contribution is 9.10. The lowest BCUT2D eigenvalue weighted by Gasteiger charge is -2.04. The standard InChI is InChI=1S/C9H5BrF2N2O/c10-5-1-2-6-7(3-5)13-4-14(8(6)15)9(11)12/h1-4,9H. The van der Waals surface area contributed by atoms with Crippen molar-refractivity contribution < 1.29 is 8.78 Å². The third-order valence-corrected chi connectivity index (χ3v) is 2.45. The normalized spacial score (nSPS) is 11.2. The summed E-state index contributed by atoms with van der Waals surface area (Å²) in [7, 11) is 0. The van der Waals surface area contributed by atoms with Crippen LogP contribution in [0.25, 0.3) is 10.9 Å². The fourth-order valence-corrected chi connectivity index (χ4v) is 1.60. The molecule has 2 aromatic rings. The summed E-state index contributed by atoms with van der Waals surface area (Å²) in [5.41, 5.74) is -0.339. The second-order valence-corrected chi connectivity index (χ2v) is 3.81. The Morgan fingerprint density at radius 1 is 1.40 bits per heavy atom. The molecule has 0 aliphatic carbocycles. The first-order chi connectivity index (χ1) is 7.09. The van der Waals surface area contributed by atoms with Gasteiger partial charge in [0.15, 0.2) is 0 Å². The molecule has 0 aliphatic heterocycles. The summed E-state index contributed by atoms with van der Waals surface area (Å²) in [6, 6.07) is 4.68. The van der Waals surface area contributed by atoms with Crippen molar-refractivity contribution in [2.75, 3.05) is 0 Å². The Morgan fingerprint density at radius 2 is 2.13 bits per heavy atom. The van der Waals surface area contributed by atoms with Crippen LogP contribution in [-0.4, -0.2) is 9.55 Å². The zero-order valence-electron chi connectivity index (χ0n) is 7.32. The monoisotopic (exact) mass is 274 g/mol. The Bertz CT molecular complexity index is 568. The molecule has 1 aromatic carbocycles. The highest BCUT2D eigenvalue weighted by atomic mass is 79.9. The zero-order chi connectivity index (χ0) is 11.0. The van der Waals surface area contributed by atoms with Gasteiger partial charge in [0.05, 0.1) is 10.9 Å². The SMILES string of the molecule is O=c1c2ccc(Br)cc2ncn1C(F)F. The smallest absolute Gasteiger partial charge is 0.268 e. The molecule has 1 heterocycles. The number of rotatable bonds is 1. The second-order valence-electron chi connectivity index (χ2n) is 2.90. The van der Waals surface area contributed by atoms with E-state index < -0.39 is 12.1 Å². The van der Waals surface area contributed by atoms with Gasteiger partial charge in [0.1, 0.15) is 6.33 Å². The summed E-state index contributed by atoms with van der Waals surface area (Å²) in [6.45, 7) is -2.86. The van der Waals surface area contributed by atoms with E-state index >= 15 is 0 Å². The summed E-state index contributed by atoms with van der Waals surface area (Å²) in [5, 5.41) is 0.181. The first kappa shape index (κ1) is 10.2. The minimum absolute atomic E-state index is 0.181. The maximum atomic E-state index is 12.3. The molecule has 78 valence electrons. The van der Waals surface area contributed by atoms with Crippen LogP contribution in [0.2, 0.25) is 0 Å². The van der Waals surface area contributed by atoms with Gasteiger partial charge in [-0.15, -0.1) is 0 Å². The fraction of sp³-hybridized carbons (Fsp3) is 0.111. The summed E-state index contributed by atoms with van der Waals surface area (Å²) >= 11 is 3.21. The highest BCUT2D eigenvalue weighted by Gasteiger charge is 2.10. The average Bonchev–Trinajstić information content (AvgIpc) is 2.17. The molecule has 6 heteroatoms. The molecule has 0 bridgehead atoms. The number of aromatic nitrogens is 2. The summed E-state index contributed by atoms with van der Waals surface area (Å²) in [4.78, 5) is 15.3. The van der Waals surface area contributed by atoms with E-state index in [-0.39, 0.29) is 5.39 Å². The van der Waals surface area contributed by atoms with Crippen molar-refractivity contribution in [3.8, 4) is 0 Å². The van der Waals surface area contributed by atoms with Crippen LogP contribution >= 0.6 is 15.9 Å². The zero-order valence-corrected chi connectivity index (χ0v) is 8.91. The average molecular weight is 275 g/mol. The minimum atomic E-state index is -2.86. The third kappa shape index (κ3) is 1.77. The van der Waals surface area contributed by atoms with Crippen LogP contribution in [0.5, 0.6) is 0 Å². The second kappa shape index (κ2) is 3.69. The van der Waals surface area contributed by atoms with Crippen molar-refractivity contribution in [2.45, 2.75) is 6.55 Å². The van der Waals surface area contributed by atoms with Crippen LogP contribution in [0, 0.1) is 0 Å². The number of alkyl halides is 2. The molecular formula is C9H5BrF2N2O. The lowest BCUT2D eigenvalue weighted by atomic mass is 10.2. The molecule has 0 unspecified atom stereocenters. The van der Waals surface area contributed by atoms with Gasteiger partial charge in [-0.3, -0.25) is 4.79 Å². The number of hydrogen-bond acceptors (Lipinski definition) is 2. The van der Waals surface area contributed by atoms with Crippen molar-refractivity contribution in [3.63, 3.8) is 0 Å². The Morgan fingerprint density at radius 3 is 2.80 bits per heavy atom. The van der Waals surface area contributed by atoms with Gasteiger partial charge in [0.25, 0.3) is 5.56 Å². The van der Waals surface area contributed by atoms with Gasteiger partial charge in [0, 0.05) is 4.47 Å². The molecule has 0 N–H and O–H groups in total. The lowest BCUT2D eigenvalue weighted by Crippen LogP contribution is -2.21. The molecule has 0 aliphatic rings. The van der Waals surface area contributed by atoms with E-state index in [1.165, 1.54) is 6.07 Å². The first-order valence-electron chi connectivity index (χ1n) is 4.04. The molecular weight excluding hydrogens is 270 g/mol. The van der Waals surface area contributed by atoms with Crippen molar-refractivity contribution in [1.82, 2.24) is 9.55 Å². The molecule has 0 fully saturated rings. The molecule has 0 spiro atoms. The van der Waals surface area contributed by atoms with Gasteiger partial charge in [-0.05, 0) is 18.2 Å². The molecule has 3 nitrogen and oxygen atoms in total. The minimum Gasteiger partial charge on any atom is -0.268 e. The van der Waals surface area contributed by atoms with E-state index in [4.69, 9.17) is 0 Å². The summed E-state index contributed by atoms with van der Waals surface area (Å²) in [6.07, 6.45) is 0.849. The van der Waals surface area contributed by atoms with Crippen molar-refractivity contribution in [2.24, 2.45) is 0 Å². The molecule has 0 saturated heterocycles. The number of halogens is 3. The highest BCUT2D eigenvalue weighted by Crippen LogP contribution is 2.16. The molecule has 0 saturated carbocycles. The van der Waals surface area contributed by atoms with Crippen molar-refractivity contribution in [1.29, 1.82) is 0 Å². The van der Waals surface area contributed by atoms with Crippen LogP contribution in [0.15, 0.2) is 33.8 Å². The maximum Gasteiger partial charge on any atom is 0.322 e. The van der Waals surface area contributed by atoms with Gasteiger partial charge in [-0.1, -0.05) is 15.9 Å². The van der Waals surface area contributed by atoms with Gasteiger partial charge >= 0.3 is 6.55 Å². The van der Waals surface area contributed by atoms with E-state index in [0.717, 1.165) is 10.8 Å². The topological polar surface area (TPSA) is 34.9 Å². The number of hydrogen-bond donors (Lipinski definition) is 0. The third-order valence-electron chi connectivity index (χ3n) is 1.96. The van der Waals surface area contributed by atoms with Crippen LogP contribution in [0.4, 0.5) is 8.78 Å². The number of fused-ring (bicyclic) bond motifs is 1. The van der Waals surface area contributed by atoms with Crippen LogP contribution < -0.4 is 5.56 Å². The predicted molar refractivity (Wildman–Crippen MR) is 55.0 cm³/mol. The molecule has 0 atom stereocenters. The van der Waals surface area contributed by atoms with Crippen molar-refractivity contribution >= 4 is 26.8 Å². The molecule has 2 rings (SSSR count). The Balaban J connectivity index is 2.80. The predicted octanol–water partition coefficient (Wildman–Crippen LogP) is 2.55. The van der Waals surface area contributed by atoms with Gasteiger partial charge < -0.3 is 0 Å². The quantitative estimate of drug-likeness (QED) is 0.801.